The van der Waals surface area contributed by atoms with Crippen LogP contribution in [0.3, 0.4) is 0 Å². The Morgan fingerprint density at radius 3 is 2.43 bits per heavy atom. The molecule has 2 aromatic rings. The smallest absolute Gasteiger partial charge is 0.251 e. The molecule has 0 radical (unpaired) electrons. The first-order valence-electron chi connectivity index (χ1n) is 10.0. The van der Waals surface area contributed by atoms with Crippen molar-refractivity contribution in [3.05, 3.63) is 58.6 Å². The number of nitrogens with zero attached hydrogens (tertiary/aromatic N) is 1. The van der Waals surface area contributed by atoms with Crippen LogP contribution in [0.25, 0.3) is 0 Å². The first-order valence-corrected chi connectivity index (χ1v) is 11.8. The number of carbonyl (C=O) groups is 1. The number of benzene rings is 2. The van der Waals surface area contributed by atoms with Gasteiger partial charge in [0.1, 0.15) is 5.75 Å². The predicted octanol–water partition coefficient (Wildman–Crippen LogP) is 4.23. The second-order valence-corrected chi connectivity index (χ2v) is 10.0. The molecule has 30 heavy (non-hydrogen) atoms. The van der Waals surface area contributed by atoms with Gasteiger partial charge in [-0.05, 0) is 55.3 Å². The van der Waals surface area contributed by atoms with Crippen LogP contribution in [-0.2, 0) is 16.6 Å². The maximum atomic E-state index is 12.9. The standard InChI is InChI=1S/C22H27ClN2O4S/c1-25(30(27,28)20-11-9-18(23)10-12-20)15-17-14-16(8-13-21(17)29-2)22(26)24-19-6-4-3-5-7-19/h8-14,19H,3-7,15H2,1-2H3,(H,24,26). The fourth-order valence-electron chi connectivity index (χ4n) is 3.67. The van der Waals surface area contributed by atoms with Crippen LogP contribution < -0.4 is 10.1 Å². The van der Waals surface area contributed by atoms with Crippen molar-refractivity contribution in [2.75, 3.05) is 14.2 Å². The van der Waals surface area contributed by atoms with Crippen molar-refractivity contribution in [2.45, 2.75) is 49.6 Å². The van der Waals surface area contributed by atoms with E-state index in [-0.39, 0.29) is 23.4 Å². The van der Waals surface area contributed by atoms with Gasteiger partial charge in [0.15, 0.2) is 0 Å². The lowest BCUT2D eigenvalue weighted by molar-refractivity contribution is 0.0927. The Labute approximate surface area is 183 Å². The highest BCUT2D eigenvalue weighted by Gasteiger charge is 2.23. The molecule has 162 valence electrons. The molecule has 1 fully saturated rings. The molecule has 0 bridgehead atoms. The number of halogens is 1. The van der Waals surface area contributed by atoms with Crippen LogP contribution in [0.2, 0.25) is 5.02 Å². The van der Waals surface area contributed by atoms with Crippen molar-refractivity contribution in [2.24, 2.45) is 0 Å². The van der Waals surface area contributed by atoms with Crippen LogP contribution >= 0.6 is 11.6 Å². The maximum absolute atomic E-state index is 12.9. The van der Waals surface area contributed by atoms with Crippen molar-refractivity contribution in [3.63, 3.8) is 0 Å². The number of hydrogen-bond donors (Lipinski definition) is 1. The highest BCUT2D eigenvalue weighted by molar-refractivity contribution is 7.89. The van der Waals surface area contributed by atoms with Crippen LogP contribution in [0.4, 0.5) is 0 Å². The molecule has 6 nitrogen and oxygen atoms in total. The third-order valence-electron chi connectivity index (χ3n) is 5.40. The number of hydrogen-bond acceptors (Lipinski definition) is 4. The van der Waals surface area contributed by atoms with Gasteiger partial charge in [0.05, 0.1) is 12.0 Å². The van der Waals surface area contributed by atoms with Crippen molar-refractivity contribution >= 4 is 27.5 Å². The van der Waals surface area contributed by atoms with Gasteiger partial charge in [-0.1, -0.05) is 30.9 Å². The van der Waals surface area contributed by atoms with Crippen molar-refractivity contribution in [3.8, 4) is 5.75 Å². The van der Waals surface area contributed by atoms with E-state index >= 15 is 0 Å². The van der Waals surface area contributed by atoms with Gasteiger partial charge in [0.2, 0.25) is 10.0 Å². The van der Waals surface area contributed by atoms with Gasteiger partial charge in [0.25, 0.3) is 5.91 Å². The van der Waals surface area contributed by atoms with Crippen LogP contribution in [-0.4, -0.2) is 38.8 Å². The summed E-state index contributed by atoms with van der Waals surface area (Å²) in [6.45, 7) is 0.0681. The Morgan fingerprint density at radius 2 is 1.80 bits per heavy atom. The van der Waals surface area contributed by atoms with Gasteiger partial charge in [-0.2, -0.15) is 4.31 Å². The zero-order chi connectivity index (χ0) is 21.7. The third-order valence-corrected chi connectivity index (χ3v) is 7.47. The molecular weight excluding hydrogens is 424 g/mol. The number of methoxy groups -OCH3 is 1. The van der Waals surface area contributed by atoms with Gasteiger partial charge in [-0.3, -0.25) is 4.79 Å². The Hall–Kier alpha value is -2.09. The second-order valence-electron chi connectivity index (χ2n) is 7.55. The van der Waals surface area contributed by atoms with E-state index in [1.165, 1.54) is 37.0 Å². The third kappa shape index (κ3) is 5.33. The van der Waals surface area contributed by atoms with E-state index in [0.29, 0.717) is 21.9 Å². The van der Waals surface area contributed by atoms with E-state index < -0.39 is 10.0 Å². The second kappa shape index (κ2) is 9.81. The summed E-state index contributed by atoms with van der Waals surface area (Å²) >= 11 is 5.86. The average Bonchev–Trinajstić information content (AvgIpc) is 2.74. The number of ether oxygens (including phenoxy) is 1. The number of nitrogens with one attached hydrogen (secondary N) is 1. The summed E-state index contributed by atoms with van der Waals surface area (Å²) in [5.74, 6) is 0.386. The number of rotatable bonds is 7. The van der Waals surface area contributed by atoms with Crippen molar-refractivity contribution in [1.82, 2.24) is 9.62 Å². The van der Waals surface area contributed by atoms with Crippen molar-refractivity contribution in [1.29, 1.82) is 0 Å². The van der Waals surface area contributed by atoms with Crippen LogP contribution in [0.15, 0.2) is 47.4 Å². The van der Waals surface area contributed by atoms with E-state index in [4.69, 9.17) is 16.3 Å². The summed E-state index contributed by atoms with van der Waals surface area (Å²) in [6, 6.07) is 11.3. The number of amides is 1. The van der Waals surface area contributed by atoms with E-state index in [1.807, 2.05) is 0 Å². The minimum atomic E-state index is -3.72. The van der Waals surface area contributed by atoms with Crippen LogP contribution in [0.1, 0.15) is 48.0 Å². The largest absolute Gasteiger partial charge is 0.496 e. The van der Waals surface area contributed by atoms with Gasteiger partial charge in [0, 0.05) is 35.8 Å². The lowest BCUT2D eigenvalue weighted by atomic mass is 9.95. The summed E-state index contributed by atoms with van der Waals surface area (Å²) in [4.78, 5) is 12.9. The van der Waals surface area contributed by atoms with Crippen molar-refractivity contribution < 1.29 is 17.9 Å². The van der Waals surface area contributed by atoms with Gasteiger partial charge >= 0.3 is 0 Å². The molecule has 3 rings (SSSR count). The van der Waals surface area contributed by atoms with Gasteiger partial charge < -0.3 is 10.1 Å². The predicted molar refractivity (Wildman–Crippen MR) is 117 cm³/mol. The highest BCUT2D eigenvalue weighted by atomic mass is 35.5. The minimum Gasteiger partial charge on any atom is -0.496 e. The molecule has 0 unspecified atom stereocenters. The number of carbonyl (C=O) groups excluding carboxylic acids is 1. The number of sulfonamides is 1. The monoisotopic (exact) mass is 450 g/mol. The lowest BCUT2D eigenvalue weighted by Gasteiger charge is -2.23. The van der Waals surface area contributed by atoms with Gasteiger partial charge in [-0.15, -0.1) is 0 Å². The Bertz CT molecular complexity index is 987. The van der Waals surface area contributed by atoms with E-state index in [0.717, 1.165) is 25.7 Å². The zero-order valence-electron chi connectivity index (χ0n) is 17.2. The molecule has 0 aromatic heterocycles. The first kappa shape index (κ1) is 22.6. The average molecular weight is 451 g/mol. The van der Waals surface area contributed by atoms with E-state index in [9.17, 15) is 13.2 Å². The molecule has 0 spiro atoms. The SMILES string of the molecule is COc1ccc(C(=O)NC2CCCCC2)cc1CN(C)S(=O)(=O)c1ccc(Cl)cc1. The summed E-state index contributed by atoms with van der Waals surface area (Å²) in [5.41, 5.74) is 1.11. The summed E-state index contributed by atoms with van der Waals surface area (Å²) in [7, 11) is -0.696. The molecule has 0 heterocycles. The molecular formula is C22H27ClN2O4S. The summed E-state index contributed by atoms with van der Waals surface area (Å²) in [6.07, 6.45) is 5.47. The lowest BCUT2D eigenvalue weighted by Crippen LogP contribution is -2.36. The summed E-state index contributed by atoms with van der Waals surface area (Å²) in [5, 5.41) is 3.56. The molecule has 1 saturated carbocycles. The Kier molecular flexibility index (Phi) is 7.39. The fourth-order valence-corrected chi connectivity index (χ4v) is 4.95. The molecule has 0 aliphatic heterocycles. The Balaban J connectivity index is 1.79. The topological polar surface area (TPSA) is 75.7 Å². The molecule has 1 aliphatic rings. The van der Waals surface area contributed by atoms with Gasteiger partial charge in [-0.25, -0.2) is 8.42 Å². The minimum absolute atomic E-state index is 0.0681. The molecule has 8 heteroatoms. The van der Waals surface area contributed by atoms with E-state index in [1.54, 1.807) is 30.3 Å². The Morgan fingerprint density at radius 1 is 1.13 bits per heavy atom. The van der Waals surface area contributed by atoms with E-state index in [2.05, 4.69) is 5.32 Å². The molecule has 0 saturated heterocycles. The molecule has 1 aliphatic carbocycles. The normalized spacial score (nSPS) is 15.2. The van der Waals surface area contributed by atoms with Crippen LogP contribution in [0.5, 0.6) is 5.75 Å². The molecule has 2 aromatic carbocycles. The molecule has 1 N–H and O–H groups in total. The summed E-state index contributed by atoms with van der Waals surface area (Å²) < 4.78 is 32.4. The van der Waals surface area contributed by atoms with Crippen LogP contribution in [0, 0.1) is 0 Å². The zero-order valence-corrected chi connectivity index (χ0v) is 18.8. The fraction of sp³-hybridized carbons (Fsp3) is 0.409. The quantitative estimate of drug-likeness (QED) is 0.684. The molecule has 0 atom stereocenters. The maximum Gasteiger partial charge on any atom is 0.251 e. The first-order chi connectivity index (χ1) is 14.3. The highest BCUT2D eigenvalue weighted by Crippen LogP contribution is 2.25. The molecule has 1 amide bonds.